The molecule has 0 aromatic heterocycles. The molecule has 4 aliphatic carbocycles. The Balaban J connectivity index is 1.04. The molecule has 9 fully saturated rings. The van der Waals surface area contributed by atoms with Crippen LogP contribution in [0.4, 0.5) is 0 Å². The fourth-order valence-corrected chi connectivity index (χ4v) is 12.5. The van der Waals surface area contributed by atoms with E-state index in [0.29, 0.717) is 78.2 Å². The summed E-state index contributed by atoms with van der Waals surface area (Å²) in [6, 6.07) is 0.268. The largest absolute Gasteiger partial charge is 0.339 e. The maximum absolute atomic E-state index is 9.65. The van der Waals surface area contributed by atoms with Gasteiger partial charge in [0, 0.05) is 12.0 Å². The first-order valence-corrected chi connectivity index (χ1v) is 19.7. The predicted octanol–water partition coefficient (Wildman–Crippen LogP) is -0.127. The molecule has 9 rings (SSSR count). The molecule has 0 aromatic rings. The minimum Gasteiger partial charge on any atom is -0.324 e. The highest BCUT2D eigenvalue weighted by atomic mass is 27.1. The Kier molecular flexibility index (Phi) is 9.46. The van der Waals surface area contributed by atoms with Crippen molar-refractivity contribution in [2.75, 3.05) is 0 Å². The molecule has 46 heavy (non-hydrogen) atoms. The lowest BCUT2D eigenvalue weighted by Crippen LogP contribution is -2.63. The molecular formula is C32H59AlN12O. The zero-order valence-electron chi connectivity index (χ0n) is 27.4. The van der Waals surface area contributed by atoms with E-state index in [4.69, 9.17) is 0 Å². The topological polar surface area (TPSA) is 156 Å². The highest BCUT2D eigenvalue weighted by molar-refractivity contribution is 6.02. The van der Waals surface area contributed by atoms with E-state index < -0.39 is 0 Å². The Bertz CT molecular complexity index is 1060. The van der Waals surface area contributed by atoms with Crippen molar-refractivity contribution in [2.45, 2.75) is 152 Å². The molecule has 2 radical (unpaired) electrons. The maximum atomic E-state index is 9.65. The van der Waals surface area contributed by atoms with Crippen LogP contribution in [-0.4, -0.2) is 81.2 Å². The van der Waals surface area contributed by atoms with Crippen molar-refractivity contribution < 1.29 is 5.21 Å². The van der Waals surface area contributed by atoms with Crippen LogP contribution in [0.2, 0.25) is 0 Å². The monoisotopic (exact) mass is 654 g/mol. The van der Waals surface area contributed by atoms with Gasteiger partial charge in [0.25, 0.3) is 0 Å². The zero-order valence-corrected chi connectivity index (χ0v) is 28.5. The normalized spacial score (nSPS) is 53.4. The smallest absolute Gasteiger partial charge is 0.324 e. The number of nitrogens with zero attached hydrogens (tertiary/aromatic N) is 1. The number of hydrazine groups is 3. The van der Waals surface area contributed by atoms with E-state index >= 15 is 0 Å². The van der Waals surface area contributed by atoms with E-state index in [2.05, 4.69) is 75.5 Å². The van der Waals surface area contributed by atoms with E-state index in [9.17, 15) is 5.21 Å². The molecule has 9 aliphatic rings. The number of hydrogen-bond acceptors (Lipinski definition) is 13. The van der Waals surface area contributed by atoms with Crippen LogP contribution in [0.3, 0.4) is 0 Å². The molecule has 17 atom stereocenters. The average Bonchev–Trinajstić information content (AvgIpc) is 3.80. The van der Waals surface area contributed by atoms with Crippen LogP contribution in [0.5, 0.6) is 0 Å². The molecule has 5 heterocycles. The van der Waals surface area contributed by atoms with Crippen molar-refractivity contribution in [3.63, 3.8) is 0 Å². The van der Waals surface area contributed by atoms with Gasteiger partial charge in [0.15, 0.2) is 0 Å². The van der Waals surface area contributed by atoms with E-state index in [1.807, 2.05) is 0 Å². The van der Waals surface area contributed by atoms with Crippen LogP contribution in [0.25, 0.3) is 0 Å². The van der Waals surface area contributed by atoms with Crippen molar-refractivity contribution in [3.8, 4) is 0 Å². The molecule has 0 spiro atoms. The van der Waals surface area contributed by atoms with Gasteiger partial charge >= 0.3 is 16.5 Å². The molecule has 13 nitrogen and oxygen atoms in total. The number of nitrogens with one attached hydrogen (secondary N) is 11. The lowest BCUT2D eigenvalue weighted by molar-refractivity contribution is -0.0684. The summed E-state index contributed by atoms with van der Waals surface area (Å²) >= 11 is 2.22. The van der Waals surface area contributed by atoms with Crippen LogP contribution in [0.15, 0.2) is 0 Å². The molecule has 0 amide bonds. The lowest BCUT2D eigenvalue weighted by atomic mass is 9.75. The molecule has 0 aromatic carbocycles. The molecule has 5 aliphatic heterocycles. The Morgan fingerprint density at radius 1 is 0.435 bits per heavy atom. The second-order valence-corrected chi connectivity index (χ2v) is 17.0. The lowest BCUT2D eigenvalue weighted by Gasteiger charge is -2.40. The minimum absolute atomic E-state index is 0.184. The fraction of sp³-hybridized carbons (Fsp3) is 1.00. The maximum Gasteiger partial charge on any atom is 0.339 e. The summed E-state index contributed by atoms with van der Waals surface area (Å²) in [5.41, 5.74) is 9.36. The molecular weight excluding hydrogens is 595 g/mol. The summed E-state index contributed by atoms with van der Waals surface area (Å²) in [5, 5.41) is 43.3. The number of rotatable bonds is 4. The summed E-state index contributed by atoms with van der Waals surface area (Å²) in [6.45, 7) is 0. The highest BCUT2D eigenvalue weighted by Crippen LogP contribution is 2.45. The molecule has 256 valence electrons. The van der Waals surface area contributed by atoms with Gasteiger partial charge < -0.3 is 5.21 Å². The van der Waals surface area contributed by atoms with Gasteiger partial charge in [-0.25, -0.2) is 9.58 Å². The van der Waals surface area contributed by atoms with Gasteiger partial charge in [-0.3, -0.25) is 42.5 Å². The van der Waals surface area contributed by atoms with Gasteiger partial charge in [0.1, 0.15) is 0 Å². The Morgan fingerprint density at radius 2 is 0.761 bits per heavy atom. The van der Waals surface area contributed by atoms with Crippen molar-refractivity contribution in [1.82, 2.24) is 63.2 Å². The first kappa shape index (κ1) is 32.0. The second kappa shape index (κ2) is 13.6. The van der Waals surface area contributed by atoms with Gasteiger partial charge in [-0.15, -0.1) is 0 Å². The average molecular weight is 655 g/mol. The SMILES string of the molecule is O[N]([Al])NNNC1CCCC2C3NC4NC(NC5NC(NC6NC(NC(N3)C12)C1CCCCC61)C1CCCCC51)C1CCCCC41. The zero-order chi connectivity index (χ0) is 30.8. The summed E-state index contributed by atoms with van der Waals surface area (Å²) < 4.78 is 0.875. The van der Waals surface area contributed by atoms with Crippen LogP contribution in [0, 0.1) is 47.3 Å². The number of fused-ring (bicyclic) bond motifs is 20. The highest BCUT2D eigenvalue weighted by Gasteiger charge is 2.55. The third-order valence-corrected chi connectivity index (χ3v) is 14.4. The van der Waals surface area contributed by atoms with E-state index in [-0.39, 0.29) is 24.5 Å². The second-order valence-electron chi connectivity index (χ2n) is 16.5. The first-order valence-electron chi connectivity index (χ1n) is 19.2. The minimum atomic E-state index is 0.184. The standard InChI is InChI=1S/C32H59N12O.Al/c45-44-43-42-41-23-15-7-14-22-24(23)32-39-30-21-13-6-5-12-20(21)28(37-30)35-26-17-9-2-1-8-16(17)25(33-26)34-27-18-10-3-4-11-19(18)29(36-27)38-31(22)40-32;/h16-43,45H,1-15H2;/q-1;+1. The molecule has 12 N–H and O–H groups in total. The van der Waals surface area contributed by atoms with Crippen LogP contribution < -0.4 is 59.0 Å². The van der Waals surface area contributed by atoms with Crippen molar-refractivity contribution in [3.05, 3.63) is 0 Å². The van der Waals surface area contributed by atoms with Gasteiger partial charge in [-0.2, -0.15) is 11.1 Å². The third kappa shape index (κ3) is 5.95. The molecule has 5 saturated heterocycles. The van der Waals surface area contributed by atoms with Gasteiger partial charge in [0.2, 0.25) is 0 Å². The van der Waals surface area contributed by atoms with E-state index in [1.165, 1.54) is 89.9 Å². The molecule has 4 saturated carbocycles. The van der Waals surface area contributed by atoms with Crippen LogP contribution in [-0.2, 0) is 0 Å². The molecule has 17 unspecified atom stereocenters. The van der Waals surface area contributed by atoms with Crippen molar-refractivity contribution in [2.24, 2.45) is 47.3 Å². The summed E-state index contributed by atoms with van der Waals surface area (Å²) in [7, 11) is 0. The summed E-state index contributed by atoms with van der Waals surface area (Å²) in [4.78, 5) is 0. The predicted molar refractivity (Wildman–Crippen MR) is 175 cm³/mol. The Labute approximate surface area is 283 Å². The Hall–Kier alpha value is 0.0125. The van der Waals surface area contributed by atoms with Crippen molar-refractivity contribution in [1.29, 1.82) is 0 Å². The Morgan fingerprint density at radius 3 is 1.13 bits per heavy atom. The van der Waals surface area contributed by atoms with Crippen molar-refractivity contribution >= 4 is 16.5 Å². The van der Waals surface area contributed by atoms with E-state index in [0.717, 1.165) is 10.6 Å². The summed E-state index contributed by atoms with van der Waals surface area (Å²) in [6.07, 6.45) is 22.0. The third-order valence-electron chi connectivity index (χ3n) is 14.3. The quantitative estimate of drug-likeness (QED) is 0.144. The van der Waals surface area contributed by atoms with Crippen LogP contribution in [0.1, 0.15) is 96.3 Å². The van der Waals surface area contributed by atoms with Gasteiger partial charge in [0.05, 0.1) is 49.3 Å². The van der Waals surface area contributed by atoms with Gasteiger partial charge in [-0.05, 0) is 92.8 Å². The van der Waals surface area contributed by atoms with Gasteiger partial charge in [-0.1, -0.05) is 44.9 Å². The summed E-state index contributed by atoms with van der Waals surface area (Å²) in [5.74, 6) is 4.95. The van der Waals surface area contributed by atoms with Crippen LogP contribution >= 0.6 is 0 Å². The molecule has 14 heteroatoms. The van der Waals surface area contributed by atoms with E-state index in [1.54, 1.807) is 0 Å². The number of hydrogen-bond donors (Lipinski definition) is 12. The fourth-order valence-electron chi connectivity index (χ4n) is 12.4. The molecule has 8 bridgehead atoms. The first-order chi connectivity index (χ1) is 22.6.